The fourth-order valence-corrected chi connectivity index (χ4v) is 2.73. The van der Waals surface area contributed by atoms with Crippen molar-refractivity contribution >= 4 is 0 Å². The SMILES string of the molecule is NC(C1CCCCCC1)C1(O)CNC1. The molecule has 2 rings (SSSR count). The highest BCUT2D eigenvalue weighted by Crippen LogP contribution is 2.30. The molecule has 4 N–H and O–H groups in total. The van der Waals surface area contributed by atoms with Gasteiger partial charge in [0.05, 0.1) is 0 Å². The summed E-state index contributed by atoms with van der Waals surface area (Å²) < 4.78 is 0. The predicted molar refractivity (Wildman–Crippen MR) is 57.0 cm³/mol. The van der Waals surface area contributed by atoms with Crippen LogP contribution in [-0.4, -0.2) is 29.8 Å². The molecule has 0 aromatic heterocycles. The van der Waals surface area contributed by atoms with Gasteiger partial charge in [0.15, 0.2) is 0 Å². The Morgan fingerprint density at radius 3 is 2.14 bits per heavy atom. The van der Waals surface area contributed by atoms with Crippen LogP contribution in [0.1, 0.15) is 38.5 Å². The van der Waals surface area contributed by atoms with Crippen molar-refractivity contribution in [3.63, 3.8) is 0 Å². The van der Waals surface area contributed by atoms with Crippen LogP contribution in [0, 0.1) is 5.92 Å². The van der Waals surface area contributed by atoms with Crippen molar-refractivity contribution in [2.24, 2.45) is 11.7 Å². The molecule has 1 aliphatic carbocycles. The number of hydrogen-bond donors (Lipinski definition) is 3. The largest absolute Gasteiger partial charge is 0.386 e. The lowest BCUT2D eigenvalue weighted by Gasteiger charge is -2.45. The van der Waals surface area contributed by atoms with Gasteiger partial charge in [-0.2, -0.15) is 0 Å². The third-order valence-electron chi connectivity index (χ3n) is 3.89. The van der Waals surface area contributed by atoms with Gasteiger partial charge in [-0.15, -0.1) is 0 Å². The van der Waals surface area contributed by atoms with E-state index >= 15 is 0 Å². The van der Waals surface area contributed by atoms with E-state index in [9.17, 15) is 5.11 Å². The lowest BCUT2D eigenvalue weighted by Crippen LogP contribution is -2.70. The quantitative estimate of drug-likeness (QED) is 0.570. The number of β-amino-alcohol motifs (C(OH)–C–C–N with tert-alkyl or cyclic N) is 1. The molecule has 1 unspecified atom stereocenters. The van der Waals surface area contributed by atoms with Crippen LogP contribution in [0.3, 0.4) is 0 Å². The van der Waals surface area contributed by atoms with Gasteiger partial charge < -0.3 is 16.2 Å². The monoisotopic (exact) mass is 198 g/mol. The predicted octanol–water partition coefficient (Wildman–Crippen LogP) is 0.618. The normalized spacial score (nSPS) is 30.4. The summed E-state index contributed by atoms with van der Waals surface area (Å²) in [5, 5.41) is 13.2. The summed E-state index contributed by atoms with van der Waals surface area (Å²) in [4.78, 5) is 0. The molecule has 3 heteroatoms. The average Bonchev–Trinajstić information content (AvgIpc) is 2.41. The first-order valence-corrected chi connectivity index (χ1v) is 5.91. The molecule has 3 nitrogen and oxygen atoms in total. The Labute approximate surface area is 86.1 Å². The number of hydrogen-bond acceptors (Lipinski definition) is 3. The van der Waals surface area contributed by atoms with Crippen molar-refractivity contribution in [1.29, 1.82) is 0 Å². The van der Waals surface area contributed by atoms with Crippen LogP contribution >= 0.6 is 0 Å². The van der Waals surface area contributed by atoms with E-state index in [0.717, 1.165) is 0 Å². The van der Waals surface area contributed by atoms with Gasteiger partial charge in [0.25, 0.3) is 0 Å². The van der Waals surface area contributed by atoms with Crippen molar-refractivity contribution in [2.75, 3.05) is 13.1 Å². The Hall–Kier alpha value is -0.120. The Morgan fingerprint density at radius 2 is 1.71 bits per heavy atom. The van der Waals surface area contributed by atoms with Crippen molar-refractivity contribution in [2.45, 2.75) is 50.2 Å². The van der Waals surface area contributed by atoms with E-state index < -0.39 is 5.60 Å². The standard InChI is InChI=1S/C11H22N2O/c12-10(11(14)7-13-8-11)9-5-3-1-2-4-6-9/h9-10,13-14H,1-8,12H2. The van der Waals surface area contributed by atoms with Gasteiger partial charge >= 0.3 is 0 Å². The molecule has 0 radical (unpaired) electrons. The van der Waals surface area contributed by atoms with Crippen LogP contribution in [0.5, 0.6) is 0 Å². The molecule has 0 amide bonds. The molecular weight excluding hydrogens is 176 g/mol. The van der Waals surface area contributed by atoms with E-state index in [-0.39, 0.29) is 6.04 Å². The fourth-order valence-electron chi connectivity index (χ4n) is 2.73. The maximum atomic E-state index is 10.1. The Kier molecular flexibility index (Phi) is 3.10. The summed E-state index contributed by atoms with van der Waals surface area (Å²) in [6.45, 7) is 1.37. The zero-order chi connectivity index (χ0) is 10.0. The Balaban J connectivity index is 1.91. The molecule has 0 spiro atoms. The van der Waals surface area contributed by atoms with E-state index in [4.69, 9.17) is 5.73 Å². The van der Waals surface area contributed by atoms with Crippen LogP contribution in [-0.2, 0) is 0 Å². The lowest BCUT2D eigenvalue weighted by molar-refractivity contribution is -0.0496. The zero-order valence-electron chi connectivity index (χ0n) is 8.84. The highest BCUT2D eigenvalue weighted by Gasteiger charge is 2.43. The van der Waals surface area contributed by atoms with Gasteiger partial charge in [0.2, 0.25) is 0 Å². The van der Waals surface area contributed by atoms with Crippen molar-refractivity contribution < 1.29 is 5.11 Å². The molecule has 82 valence electrons. The molecule has 1 saturated carbocycles. The maximum absolute atomic E-state index is 10.1. The lowest BCUT2D eigenvalue weighted by atomic mass is 9.78. The number of nitrogens with two attached hydrogens (primary N) is 1. The minimum atomic E-state index is -0.602. The molecule has 2 fully saturated rings. The van der Waals surface area contributed by atoms with Crippen molar-refractivity contribution in [3.8, 4) is 0 Å². The molecule has 1 aliphatic heterocycles. The first-order valence-electron chi connectivity index (χ1n) is 5.91. The number of rotatable bonds is 2. The van der Waals surface area contributed by atoms with Gasteiger partial charge in [-0.1, -0.05) is 25.7 Å². The summed E-state index contributed by atoms with van der Waals surface area (Å²) in [5.74, 6) is 0.546. The van der Waals surface area contributed by atoms with E-state index in [0.29, 0.717) is 19.0 Å². The van der Waals surface area contributed by atoms with E-state index in [1.165, 1.54) is 38.5 Å². The van der Waals surface area contributed by atoms with Gasteiger partial charge in [-0.25, -0.2) is 0 Å². The van der Waals surface area contributed by atoms with E-state index in [2.05, 4.69) is 5.32 Å². The summed E-state index contributed by atoms with van der Waals surface area (Å²) in [5.41, 5.74) is 5.57. The molecule has 0 aromatic rings. The van der Waals surface area contributed by atoms with Crippen molar-refractivity contribution in [3.05, 3.63) is 0 Å². The summed E-state index contributed by atoms with van der Waals surface area (Å²) in [6.07, 6.45) is 7.70. The molecule has 0 aromatic carbocycles. The van der Waals surface area contributed by atoms with Gasteiger partial charge in [-0.05, 0) is 18.8 Å². The topological polar surface area (TPSA) is 58.3 Å². The fraction of sp³-hybridized carbons (Fsp3) is 1.00. The molecule has 2 aliphatic rings. The minimum Gasteiger partial charge on any atom is -0.386 e. The van der Waals surface area contributed by atoms with Crippen molar-refractivity contribution in [1.82, 2.24) is 5.32 Å². The second-order valence-electron chi connectivity index (χ2n) is 4.98. The molecule has 1 atom stereocenters. The highest BCUT2D eigenvalue weighted by molar-refractivity contribution is 5.03. The molecule has 14 heavy (non-hydrogen) atoms. The van der Waals surface area contributed by atoms with Crippen LogP contribution in [0.4, 0.5) is 0 Å². The van der Waals surface area contributed by atoms with Gasteiger partial charge in [0, 0.05) is 19.1 Å². The van der Waals surface area contributed by atoms with Gasteiger partial charge in [0.1, 0.15) is 5.60 Å². The molecule has 0 bridgehead atoms. The van der Waals surface area contributed by atoms with Crippen LogP contribution in [0.25, 0.3) is 0 Å². The first kappa shape index (κ1) is 10.4. The maximum Gasteiger partial charge on any atom is 0.105 e. The van der Waals surface area contributed by atoms with Gasteiger partial charge in [-0.3, -0.25) is 0 Å². The second kappa shape index (κ2) is 4.17. The van der Waals surface area contributed by atoms with Crippen LogP contribution < -0.4 is 11.1 Å². The summed E-state index contributed by atoms with van der Waals surface area (Å²) in [7, 11) is 0. The number of nitrogens with one attached hydrogen (secondary N) is 1. The van der Waals surface area contributed by atoms with E-state index in [1.807, 2.05) is 0 Å². The first-order chi connectivity index (χ1) is 6.72. The van der Waals surface area contributed by atoms with Crippen LogP contribution in [0.15, 0.2) is 0 Å². The summed E-state index contributed by atoms with van der Waals surface area (Å²) >= 11 is 0. The molecule has 1 saturated heterocycles. The third kappa shape index (κ3) is 1.95. The number of aliphatic hydroxyl groups is 1. The third-order valence-corrected chi connectivity index (χ3v) is 3.89. The second-order valence-corrected chi connectivity index (χ2v) is 4.98. The smallest absolute Gasteiger partial charge is 0.105 e. The summed E-state index contributed by atoms with van der Waals surface area (Å²) in [6, 6.07) is -0.0122. The van der Waals surface area contributed by atoms with E-state index in [1.54, 1.807) is 0 Å². The Morgan fingerprint density at radius 1 is 1.14 bits per heavy atom. The average molecular weight is 198 g/mol. The minimum absolute atomic E-state index is 0.0122. The molecular formula is C11H22N2O. The zero-order valence-corrected chi connectivity index (χ0v) is 8.84. The van der Waals surface area contributed by atoms with Crippen LogP contribution in [0.2, 0.25) is 0 Å². The molecule has 1 heterocycles. The highest BCUT2D eigenvalue weighted by atomic mass is 16.3. The Bertz CT molecular complexity index is 184.